The van der Waals surface area contributed by atoms with E-state index in [1.54, 1.807) is 19.1 Å². The van der Waals surface area contributed by atoms with Crippen LogP contribution < -0.4 is 0 Å². The molecule has 0 radical (unpaired) electrons. The second kappa shape index (κ2) is 5.63. The molecule has 0 aliphatic rings. The number of carbonyl (C=O) groups is 1. The summed E-state index contributed by atoms with van der Waals surface area (Å²) in [7, 11) is 0. The highest BCUT2D eigenvalue weighted by Gasteiger charge is 2.17. The van der Waals surface area contributed by atoms with Gasteiger partial charge in [-0.1, -0.05) is 25.1 Å². The Morgan fingerprint density at radius 2 is 2.00 bits per heavy atom. The molecule has 0 saturated carbocycles. The molecular weight excluding hydrogens is 208 g/mol. The van der Waals surface area contributed by atoms with Gasteiger partial charge >= 0.3 is 5.97 Å². The molecule has 4 heteroatoms. The molecule has 0 bridgehead atoms. The van der Waals surface area contributed by atoms with Gasteiger partial charge in [-0.25, -0.2) is 4.79 Å². The van der Waals surface area contributed by atoms with Gasteiger partial charge in [0.25, 0.3) is 0 Å². The van der Waals surface area contributed by atoms with Crippen molar-refractivity contribution in [1.29, 1.82) is 0 Å². The van der Waals surface area contributed by atoms with Crippen LogP contribution in [0.5, 0.6) is 0 Å². The molecule has 2 N–H and O–H groups in total. The fourth-order valence-electron chi connectivity index (χ4n) is 1.24. The third-order valence-corrected chi connectivity index (χ3v) is 2.34. The molecule has 0 saturated heterocycles. The Balaban J connectivity index is 2.90. The van der Waals surface area contributed by atoms with Gasteiger partial charge in [-0.2, -0.15) is 0 Å². The van der Waals surface area contributed by atoms with E-state index in [1.807, 2.05) is 6.92 Å². The third-order valence-electron chi connectivity index (χ3n) is 2.34. The van der Waals surface area contributed by atoms with Crippen molar-refractivity contribution in [1.82, 2.24) is 0 Å². The van der Waals surface area contributed by atoms with E-state index in [9.17, 15) is 4.79 Å². The van der Waals surface area contributed by atoms with Crippen LogP contribution in [0.1, 0.15) is 42.5 Å². The van der Waals surface area contributed by atoms with Gasteiger partial charge in [0.1, 0.15) is 0 Å². The highest BCUT2D eigenvalue weighted by Crippen LogP contribution is 2.17. The molecule has 0 spiro atoms. The first kappa shape index (κ1) is 12.7. The van der Waals surface area contributed by atoms with E-state index in [2.05, 4.69) is 0 Å². The van der Waals surface area contributed by atoms with Crippen LogP contribution in [0.25, 0.3) is 0 Å². The summed E-state index contributed by atoms with van der Waals surface area (Å²) in [6.45, 7) is 3.70. The lowest BCUT2D eigenvalue weighted by atomic mass is 10.1. The maximum Gasteiger partial charge on any atom is 0.338 e. The predicted molar refractivity (Wildman–Crippen MR) is 58.8 cm³/mol. The van der Waals surface area contributed by atoms with Crippen LogP contribution in [-0.4, -0.2) is 22.3 Å². The number of ether oxygens (including phenoxy) is 1. The summed E-state index contributed by atoms with van der Waals surface area (Å²) < 4.78 is 5.12. The number of esters is 1. The SMILES string of the molecule is CCC(C)OC(=O)c1ccccc1C(O)O. The van der Waals surface area contributed by atoms with E-state index in [0.717, 1.165) is 6.42 Å². The zero-order valence-electron chi connectivity index (χ0n) is 9.38. The fourth-order valence-corrected chi connectivity index (χ4v) is 1.24. The minimum Gasteiger partial charge on any atom is -0.459 e. The summed E-state index contributed by atoms with van der Waals surface area (Å²) in [5.74, 6) is -0.530. The molecule has 0 fully saturated rings. The van der Waals surface area contributed by atoms with Crippen molar-refractivity contribution in [2.75, 3.05) is 0 Å². The van der Waals surface area contributed by atoms with Crippen LogP contribution in [0.2, 0.25) is 0 Å². The van der Waals surface area contributed by atoms with Gasteiger partial charge in [-0.05, 0) is 19.4 Å². The van der Waals surface area contributed by atoms with E-state index in [0.29, 0.717) is 0 Å². The number of benzene rings is 1. The van der Waals surface area contributed by atoms with Gasteiger partial charge in [0, 0.05) is 5.56 Å². The molecule has 0 heterocycles. The number of hydrogen-bond donors (Lipinski definition) is 2. The Bertz CT molecular complexity index is 360. The summed E-state index contributed by atoms with van der Waals surface area (Å²) in [5, 5.41) is 18.2. The van der Waals surface area contributed by atoms with E-state index >= 15 is 0 Å². The minimum atomic E-state index is -1.67. The molecule has 1 atom stereocenters. The average Bonchev–Trinajstić information content (AvgIpc) is 2.28. The lowest BCUT2D eigenvalue weighted by molar-refractivity contribution is -0.0437. The Kier molecular flexibility index (Phi) is 4.46. The molecule has 4 nitrogen and oxygen atoms in total. The van der Waals surface area contributed by atoms with Crippen molar-refractivity contribution < 1.29 is 19.7 Å². The van der Waals surface area contributed by atoms with Gasteiger partial charge in [0.2, 0.25) is 0 Å². The topological polar surface area (TPSA) is 66.8 Å². The van der Waals surface area contributed by atoms with Crippen LogP contribution in [-0.2, 0) is 4.74 Å². The molecule has 1 rings (SSSR count). The monoisotopic (exact) mass is 224 g/mol. The van der Waals surface area contributed by atoms with Crippen molar-refractivity contribution in [3.63, 3.8) is 0 Å². The highest BCUT2D eigenvalue weighted by atomic mass is 16.5. The third kappa shape index (κ3) is 3.05. The second-order valence-corrected chi connectivity index (χ2v) is 3.59. The molecule has 16 heavy (non-hydrogen) atoms. The van der Waals surface area contributed by atoms with E-state index in [4.69, 9.17) is 14.9 Å². The second-order valence-electron chi connectivity index (χ2n) is 3.59. The summed E-state index contributed by atoms with van der Waals surface area (Å²) >= 11 is 0. The van der Waals surface area contributed by atoms with Gasteiger partial charge < -0.3 is 14.9 Å². The van der Waals surface area contributed by atoms with Gasteiger partial charge in [-0.15, -0.1) is 0 Å². The van der Waals surface area contributed by atoms with Gasteiger partial charge in [0.15, 0.2) is 6.29 Å². The first-order chi connectivity index (χ1) is 7.56. The molecule has 1 aromatic rings. The Hall–Kier alpha value is -1.39. The zero-order valence-corrected chi connectivity index (χ0v) is 9.38. The van der Waals surface area contributed by atoms with Crippen molar-refractivity contribution in [3.8, 4) is 0 Å². The molecule has 88 valence electrons. The maximum atomic E-state index is 11.7. The zero-order chi connectivity index (χ0) is 12.1. The summed E-state index contributed by atoms with van der Waals surface area (Å²) in [6.07, 6.45) is -1.13. The molecular formula is C12H16O4. The summed E-state index contributed by atoms with van der Waals surface area (Å²) in [6, 6.07) is 6.28. The van der Waals surface area contributed by atoms with Crippen LogP contribution in [0, 0.1) is 0 Å². The predicted octanol–water partition coefficient (Wildman–Crippen LogP) is 1.63. The van der Waals surface area contributed by atoms with E-state index in [-0.39, 0.29) is 17.2 Å². The summed E-state index contributed by atoms with van der Waals surface area (Å²) in [5.41, 5.74) is 0.355. The number of carbonyl (C=O) groups excluding carboxylic acids is 1. The Morgan fingerprint density at radius 1 is 1.38 bits per heavy atom. The quantitative estimate of drug-likeness (QED) is 0.602. The largest absolute Gasteiger partial charge is 0.459 e. The standard InChI is InChI=1S/C12H16O4/c1-3-8(2)16-12(15)10-7-5-4-6-9(10)11(13)14/h4-8,11,13-14H,3H2,1-2H3. The normalized spacial score (nSPS) is 12.6. The molecule has 0 aliphatic carbocycles. The van der Waals surface area contributed by atoms with Crippen LogP contribution in [0.4, 0.5) is 0 Å². The molecule has 0 aromatic heterocycles. The molecule has 1 aromatic carbocycles. The van der Waals surface area contributed by atoms with Crippen LogP contribution in [0.3, 0.4) is 0 Å². The lowest BCUT2D eigenvalue weighted by Crippen LogP contribution is -2.16. The minimum absolute atomic E-state index is 0.163. The van der Waals surface area contributed by atoms with E-state index in [1.165, 1.54) is 12.1 Å². The molecule has 0 aliphatic heterocycles. The molecule has 1 unspecified atom stereocenters. The first-order valence-electron chi connectivity index (χ1n) is 5.22. The first-order valence-corrected chi connectivity index (χ1v) is 5.22. The van der Waals surface area contributed by atoms with E-state index < -0.39 is 12.3 Å². The Labute approximate surface area is 94.5 Å². The number of aliphatic hydroxyl groups is 2. The van der Waals surface area contributed by atoms with Crippen molar-refractivity contribution in [3.05, 3.63) is 35.4 Å². The van der Waals surface area contributed by atoms with Crippen LogP contribution >= 0.6 is 0 Å². The smallest absolute Gasteiger partial charge is 0.338 e. The van der Waals surface area contributed by atoms with Crippen molar-refractivity contribution in [2.45, 2.75) is 32.7 Å². The summed E-state index contributed by atoms with van der Waals surface area (Å²) in [4.78, 5) is 11.7. The van der Waals surface area contributed by atoms with Gasteiger partial charge in [0.05, 0.1) is 11.7 Å². The number of aliphatic hydroxyl groups excluding tert-OH is 1. The van der Waals surface area contributed by atoms with Crippen molar-refractivity contribution >= 4 is 5.97 Å². The fraction of sp³-hybridized carbons (Fsp3) is 0.417. The molecule has 0 amide bonds. The lowest BCUT2D eigenvalue weighted by Gasteiger charge is -2.14. The van der Waals surface area contributed by atoms with Gasteiger partial charge in [-0.3, -0.25) is 0 Å². The van der Waals surface area contributed by atoms with Crippen molar-refractivity contribution in [2.24, 2.45) is 0 Å². The Morgan fingerprint density at radius 3 is 2.56 bits per heavy atom. The number of rotatable bonds is 4. The highest BCUT2D eigenvalue weighted by molar-refractivity contribution is 5.91. The average molecular weight is 224 g/mol. The maximum absolute atomic E-state index is 11.7. The van der Waals surface area contributed by atoms with Crippen LogP contribution in [0.15, 0.2) is 24.3 Å². The number of hydrogen-bond acceptors (Lipinski definition) is 4.